The molecule has 3 aromatic rings. The van der Waals surface area contributed by atoms with Crippen molar-refractivity contribution in [1.82, 2.24) is 24.4 Å². The number of piperidine rings is 2. The Labute approximate surface area is 217 Å². The van der Waals surface area contributed by atoms with E-state index in [-0.39, 0.29) is 25.9 Å². The third kappa shape index (κ3) is 5.26. The molecule has 3 fully saturated rings. The van der Waals surface area contributed by atoms with Gasteiger partial charge in [0, 0.05) is 39.0 Å². The molecule has 0 radical (unpaired) electrons. The monoisotopic (exact) mass is 550 g/mol. The molecule has 6 rings (SSSR count). The van der Waals surface area contributed by atoms with Crippen molar-refractivity contribution in [2.24, 2.45) is 5.41 Å². The summed E-state index contributed by atoms with van der Waals surface area (Å²) < 4.78 is 59.3. The molecule has 37 heavy (non-hydrogen) atoms. The number of sulfonamides is 1. The van der Waals surface area contributed by atoms with Crippen LogP contribution in [0.2, 0.25) is 0 Å². The summed E-state index contributed by atoms with van der Waals surface area (Å²) in [5.41, 5.74) is 3.19. The van der Waals surface area contributed by atoms with Crippen LogP contribution in [-0.2, 0) is 10.0 Å². The first kappa shape index (κ1) is 24.5. The largest absolute Gasteiger partial charge is 0.370 e. The van der Waals surface area contributed by atoms with E-state index in [2.05, 4.69) is 29.3 Å². The fraction of sp³-hybridized carbons (Fsp3) is 0.565. The van der Waals surface area contributed by atoms with Crippen molar-refractivity contribution < 1.29 is 17.2 Å². The van der Waals surface area contributed by atoms with Crippen molar-refractivity contribution >= 4 is 38.9 Å². The van der Waals surface area contributed by atoms with Gasteiger partial charge in [-0.05, 0) is 60.8 Å². The van der Waals surface area contributed by atoms with Gasteiger partial charge in [-0.25, -0.2) is 21.9 Å². The molecule has 14 heteroatoms. The molecule has 0 bridgehead atoms. The van der Waals surface area contributed by atoms with Crippen molar-refractivity contribution in [2.75, 3.05) is 47.0 Å². The highest BCUT2D eigenvalue weighted by Gasteiger charge is 2.44. The first-order valence-electron chi connectivity index (χ1n) is 12.3. The summed E-state index contributed by atoms with van der Waals surface area (Å²) in [4.78, 5) is 8.59. The Bertz CT molecular complexity index is 1400. The molecule has 10 nitrogen and oxygen atoms in total. The number of rotatable bonds is 6. The van der Waals surface area contributed by atoms with E-state index in [4.69, 9.17) is 0 Å². The number of anilines is 3. The summed E-state index contributed by atoms with van der Waals surface area (Å²) in [6.45, 7) is 2.21. The van der Waals surface area contributed by atoms with Gasteiger partial charge >= 0.3 is 0 Å². The number of halogens is 2. The number of benzene rings is 1. The lowest BCUT2D eigenvalue weighted by molar-refractivity contribution is -0.0222. The zero-order valence-electron chi connectivity index (χ0n) is 20.4. The van der Waals surface area contributed by atoms with Crippen LogP contribution in [0.3, 0.4) is 0 Å². The van der Waals surface area contributed by atoms with Gasteiger partial charge in [-0.2, -0.15) is 9.36 Å². The highest BCUT2D eigenvalue weighted by atomic mass is 32.2. The van der Waals surface area contributed by atoms with Gasteiger partial charge in [0.2, 0.25) is 16.0 Å². The molecule has 4 heterocycles. The molecule has 0 atom stereocenters. The zero-order chi connectivity index (χ0) is 25.8. The Hall–Kier alpha value is -2.87. The van der Waals surface area contributed by atoms with Gasteiger partial charge in [0.05, 0.1) is 29.5 Å². The minimum atomic E-state index is -3.42. The number of hydrogen-bond donors (Lipinski definition) is 1. The number of aromatic nitrogens is 5. The van der Waals surface area contributed by atoms with Crippen LogP contribution >= 0.6 is 11.5 Å². The molecule has 198 valence electrons. The predicted octanol–water partition coefficient (Wildman–Crippen LogP) is 3.77. The van der Waals surface area contributed by atoms with E-state index >= 15 is 0 Å². The molecule has 2 aliphatic heterocycles. The van der Waals surface area contributed by atoms with Crippen LogP contribution < -0.4 is 14.5 Å². The van der Waals surface area contributed by atoms with Gasteiger partial charge < -0.3 is 9.80 Å². The standard InChI is InChI=1S/C23H28F2N8O2S2/c1-37(34,35)29-16-2-3-18(19(14-16)31-10-6-22(4-5-22)7-11-31)33-15-17(27-30-33)20-26-21(28-36-20)32-12-8-23(24,25)9-13-32/h2-3,14-15,29H,4-13H2,1H3. The fourth-order valence-corrected chi connectivity index (χ4v) is 6.30. The predicted molar refractivity (Wildman–Crippen MR) is 138 cm³/mol. The summed E-state index contributed by atoms with van der Waals surface area (Å²) >= 11 is 1.16. The zero-order valence-corrected chi connectivity index (χ0v) is 22.0. The molecule has 3 aliphatic rings. The summed E-state index contributed by atoms with van der Waals surface area (Å²) in [5, 5.41) is 9.19. The Kier molecular flexibility index (Phi) is 5.86. The molecule has 1 spiro atoms. The lowest BCUT2D eigenvalue weighted by Gasteiger charge is -2.35. The fourth-order valence-electron chi connectivity index (χ4n) is 5.11. The SMILES string of the molecule is CS(=O)(=O)Nc1ccc(-n2cc(-c3nc(N4CCC(F)(F)CC4)ns3)nn2)c(N2CCC3(CC2)CC3)c1. The van der Waals surface area contributed by atoms with E-state index < -0.39 is 15.9 Å². The average molecular weight is 551 g/mol. The third-order valence-electron chi connectivity index (χ3n) is 7.55. The topological polar surface area (TPSA) is 109 Å². The molecule has 1 N–H and O–H groups in total. The lowest BCUT2D eigenvalue weighted by Crippen LogP contribution is -2.39. The first-order valence-corrected chi connectivity index (χ1v) is 15.0. The molecule has 1 aliphatic carbocycles. The minimum absolute atomic E-state index is 0.206. The second-order valence-electron chi connectivity index (χ2n) is 10.4. The maximum atomic E-state index is 13.5. The average Bonchev–Trinajstić information content (AvgIpc) is 3.23. The second kappa shape index (κ2) is 8.86. The van der Waals surface area contributed by atoms with Gasteiger partial charge in [0.1, 0.15) is 5.69 Å². The second-order valence-corrected chi connectivity index (χ2v) is 12.9. The summed E-state index contributed by atoms with van der Waals surface area (Å²) in [6.07, 6.45) is 7.31. The van der Waals surface area contributed by atoms with Gasteiger partial charge in [-0.3, -0.25) is 4.72 Å². The molecular formula is C23H28F2N8O2S2. The summed E-state index contributed by atoms with van der Waals surface area (Å²) in [7, 11) is -3.42. The molecule has 1 saturated carbocycles. The van der Waals surface area contributed by atoms with Crippen LogP contribution in [0.1, 0.15) is 38.5 Å². The molecule has 0 amide bonds. The molecule has 0 unspecified atom stereocenters. The Morgan fingerprint density at radius 3 is 2.35 bits per heavy atom. The first-order chi connectivity index (χ1) is 17.6. The number of nitrogens with zero attached hydrogens (tertiary/aromatic N) is 7. The normalized spacial score (nSPS) is 20.8. The molecule has 2 aromatic heterocycles. The Balaban J connectivity index is 1.26. The molecule has 1 aromatic carbocycles. The summed E-state index contributed by atoms with van der Waals surface area (Å²) in [5.74, 6) is -2.19. The lowest BCUT2D eigenvalue weighted by atomic mass is 9.93. The van der Waals surface area contributed by atoms with Crippen LogP contribution in [-0.4, -0.2) is 71.1 Å². The van der Waals surface area contributed by atoms with Gasteiger partial charge in [-0.1, -0.05) is 5.21 Å². The van der Waals surface area contributed by atoms with Crippen LogP contribution in [0.5, 0.6) is 0 Å². The quantitative estimate of drug-likeness (QED) is 0.494. The van der Waals surface area contributed by atoms with Crippen LogP contribution in [0.25, 0.3) is 16.4 Å². The van der Waals surface area contributed by atoms with Crippen molar-refractivity contribution in [3.63, 3.8) is 0 Å². The van der Waals surface area contributed by atoms with E-state index in [0.29, 0.717) is 27.8 Å². The number of alkyl halides is 2. The van der Waals surface area contributed by atoms with E-state index in [1.807, 2.05) is 12.1 Å². The van der Waals surface area contributed by atoms with E-state index in [1.54, 1.807) is 21.8 Å². The smallest absolute Gasteiger partial charge is 0.251 e. The van der Waals surface area contributed by atoms with Gasteiger partial charge in [0.25, 0.3) is 5.92 Å². The van der Waals surface area contributed by atoms with Crippen molar-refractivity contribution in [2.45, 2.75) is 44.4 Å². The number of nitrogens with one attached hydrogen (secondary N) is 1. The molecule has 2 saturated heterocycles. The molecular weight excluding hydrogens is 522 g/mol. The maximum absolute atomic E-state index is 13.5. The highest BCUT2D eigenvalue weighted by molar-refractivity contribution is 7.92. The maximum Gasteiger partial charge on any atom is 0.251 e. The van der Waals surface area contributed by atoms with Crippen LogP contribution in [0.4, 0.5) is 26.1 Å². The summed E-state index contributed by atoms with van der Waals surface area (Å²) in [6, 6.07) is 5.39. The van der Waals surface area contributed by atoms with Crippen molar-refractivity contribution in [3.05, 3.63) is 24.4 Å². The Morgan fingerprint density at radius 2 is 1.68 bits per heavy atom. The van der Waals surface area contributed by atoms with E-state index in [9.17, 15) is 17.2 Å². The van der Waals surface area contributed by atoms with Crippen LogP contribution in [0, 0.1) is 5.41 Å². The van der Waals surface area contributed by atoms with E-state index in [0.717, 1.165) is 55.1 Å². The van der Waals surface area contributed by atoms with Crippen molar-refractivity contribution in [1.29, 1.82) is 0 Å². The third-order valence-corrected chi connectivity index (χ3v) is 8.89. The highest BCUT2D eigenvalue weighted by Crippen LogP contribution is 2.54. The Morgan fingerprint density at radius 1 is 0.973 bits per heavy atom. The van der Waals surface area contributed by atoms with Gasteiger partial charge in [-0.15, -0.1) is 5.10 Å². The van der Waals surface area contributed by atoms with Crippen LogP contribution in [0.15, 0.2) is 24.4 Å². The minimum Gasteiger partial charge on any atom is -0.370 e. The van der Waals surface area contributed by atoms with Gasteiger partial charge in [0.15, 0.2) is 5.01 Å². The number of hydrogen-bond acceptors (Lipinski definition) is 9. The van der Waals surface area contributed by atoms with Crippen molar-refractivity contribution in [3.8, 4) is 16.4 Å². The van der Waals surface area contributed by atoms with E-state index in [1.165, 1.54) is 12.8 Å².